The number of hydrogen-bond donors (Lipinski definition) is 0. The van der Waals surface area contributed by atoms with Crippen molar-refractivity contribution < 1.29 is 0 Å². The van der Waals surface area contributed by atoms with Gasteiger partial charge in [0, 0.05) is 24.2 Å². The number of hydrogen-bond acceptors (Lipinski definition) is 2. The lowest BCUT2D eigenvalue weighted by molar-refractivity contribution is 0.564. The van der Waals surface area contributed by atoms with Crippen molar-refractivity contribution in [2.75, 3.05) is 5.88 Å². The van der Waals surface area contributed by atoms with Crippen LogP contribution in [0.5, 0.6) is 0 Å². The molecule has 15 heavy (non-hydrogen) atoms. The average molecular weight is 229 g/mol. The van der Waals surface area contributed by atoms with E-state index in [4.69, 9.17) is 11.6 Å². The monoisotopic (exact) mass is 228 g/mol. The lowest BCUT2D eigenvalue weighted by Crippen LogP contribution is -2.23. The Morgan fingerprint density at radius 1 is 1.33 bits per heavy atom. The van der Waals surface area contributed by atoms with Crippen molar-refractivity contribution in [1.82, 2.24) is 9.55 Å². The van der Waals surface area contributed by atoms with Crippen LogP contribution in [0.2, 0.25) is 0 Å². The van der Waals surface area contributed by atoms with Crippen molar-refractivity contribution in [3.8, 4) is 0 Å². The highest BCUT2D eigenvalue weighted by molar-refractivity contribution is 6.17. The molecule has 1 aromatic rings. The van der Waals surface area contributed by atoms with Gasteiger partial charge in [0.25, 0.3) is 5.56 Å². The van der Waals surface area contributed by atoms with Crippen LogP contribution in [0.1, 0.15) is 30.8 Å². The molecule has 0 bridgehead atoms. The predicted molar refractivity (Wildman–Crippen MR) is 62.5 cm³/mol. The third-order valence-corrected chi connectivity index (χ3v) is 2.61. The second-order valence-corrected chi connectivity index (χ2v) is 4.06. The number of rotatable bonds is 5. The van der Waals surface area contributed by atoms with Crippen molar-refractivity contribution in [3.05, 3.63) is 27.9 Å². The van der Waals surface area contributed by atoms with Crippen LogP contribution in [-0.4, -0.2) is 15.4 Å². The van der Waals surface area contributed by atoms with E-state index in [1.165, 1.54) is 0 Å². The molecule has 0 aliphatic heterocycles. The topological polar surface area (TPSA) is 34.9 Å². The summed E-state index contributed by atoms with van der Waals surface area (Å²) in [6, 6.07) is 1.58. The number of aromatic nitrogens is 2. The standard InChI is InChI=1S/C11H17ClN2O/c1-9-8-11(15)14(10(2)13-9)7-5-3-4-6-12/h8H,3-7H2,1-2H3. The van der Waals surface area contributed by atoms with Crippen molar-refractivity contribution >= 4 is 11.6 Å². The fourth-order valence-electron chi connectivity index (χ4n) is 1.58. The molecule has 0 aliphatic rings. The molecule has 1 rings (SSSR count). The van der Waals surface area contributed by atoms with Gasteiger partial charge in [0.2, 0.25) is 0 Å². The van der Waals surface area contributed by atoms with E-state index in [1.54, 1.807) is 10.6 Å². The number of aryl methyl sites for hydroxylation is 2. The van der Waals surface area contributed by atoms with Gasteiger partial charge < -0.3 is 0 Å². The minimum Gasteiger partial charge on any atom is -0.297 e. The molecule has 1 aromatic heterocycles. The smallest absolute Gasteiger partial charge is 0.253 e. The molecule has 3 nitrogen and oxygen atoms in total. The lowest BCUT2D eigenvalue weighted by atomic mass is 10.2. The molecular formula is C11H17ClN2O. The Kier molecular flexibility index (Phi) is 4.82. The molecule has 0 spiro atoms. The SMILES string of the molecule is Cc1cc(=O)n(CCCCCCl)c(C)n1. The lowest BCUT2D eigenvalue weighted by Gasteiger charge is -2.08. The van der Waals surface area contributed by atoms with Crippen molar-refractivity contribution in [3.63, 3.8) is 0 Å². The van der Waals surface area contributed by atoms with Gasteiger partial charge in [0.15, 0.2) is 0 Å². The summed E-state index contributed by atoms with van der Waals surface area (Å²) in [6.45, 7) is 4.46. The average Bonchev–Trinajstić information content (AvgIpc) is 2.15. The Bertz CT molecular complexity index is 373. The fraction of sp³-hybridized carbons (Fsp3) is 0.636. The minimum absolute atomic E-state index is 0.0471. The highest BCUT2D eigenvalue weighted by atomic mass is 35.5. The van der Waals surface area contributed by atoms with Crippen LogP contribution in [0.25, 0.3) is 0 Å². The van der Waals surface area contributed by atoms with Crippen molar-refractivity contribution in [2.45, 2.75) is 39.7 Å². The minimum atomic E-state index is 0.0471. The van der Waals surface area contributed by atoms with Gasteiger partial charge in [-0.2, -0.15) is 0 Å². The Morgan fingerprint density at radius 2 is 2.07 bits per heavy atom. The van der Waals surface area contributed by atoms with E-state index in [1.807, 2.05) is 13.8 Å². The van der Waals surface area contributed by atoms with E-state index in [-0.39, 0.29) is 5.56 Å². The first-order valence-corrected chi connectivity index (χ1v) is 5.79. The van der Waals surface area contributed by atoms with Crippen LogP contribution in [0.4, 0.5) is 0 Å². The largest absolute Gasteiger partial charge is 0.297 e. The van der Waals surface area contributed by atoms with Crippen LogP contribution < -0.4 is 5.56 Å². The first kappa shape index (κ1) is 12.2. The van der Waals surface area contributed by atoms with Crippen LogP contribution in [0, 0.1) is 13.8 Å². The van der Waals surface area contributed by atoms with Gasteiger partial charge in [0.1, 0.15) is 5.82 Å². The highest BCUT2D eigenvalue weighted by Gasteiger charge is 2.01. The molecule has 0 aromatic carbocycles. The molecule has 0 unspecified atom stereocenters. The maximum Gasteiger partial charge on any atom is 0.253 e. The summed E-state index contributed by atoms with van der Waals surface area (Å²) in [7, 11) is 0. The zero-order chi connectivity index (χ0) is 11.3. The van der Waals surface area contributed by atoms with Crippen LogP contribution in [-0.2, 0) is 6.54 Å². The summed E-state index contributed by atoms with van der Waals surface area (Å²) >= 11 is 5.59. The normalized spacial score (nSPS) is 10.6. The summed E-state index contributed by atoms with van der Waals surface area (Å²) < 4.78 is 1.72. The molecule has 0 fully saturated rings. The van der Waals surface area contributed by atoms with E-state index < -0.39 is 0 Å². The Labute approximate surface area is 95.1 Å². The molecule has 4 heteroatoms. The third-order valence-electron chi connectivity index (χ3n) is 2.34. The molecule has 0 saturated carbocycles. The molecule has 1 heterocycles. The molecule has 0 N–H and O–H groups in total. The van der Waals surface area contributed by atoms with Gasteiger partial charge in [-0.1, -0.05) is 6.42 Å². The van der Waals surface area contributed by atoms with Gasteiger partial charge >= 0.3 is 0 Å². The highest BCUT2D eigenvalue weighted by Crippen LogP contribution is 2.01. The van der Waals surface area contributed by atoms with E-state index in [0.29, 0.717) is 5.88 Å². The number of alkyl halides is 1. The molecule has 0 amide bonds. The summed E-state index contributed by atoms with van der Waals surface area (Å²) in [5.41, 5.74) is 0.834. The van der Waals surface area contributed by atoms with Crippen molar-refractivity contribution in [2.24, 2.45) is 0 Å². The molecule has 0 atom stereocenters. The maximum atomic E-state index is 11.6. The van der Waals surface area contributed by atoms with Crippen LogP contribution in [0.3, 0.4) is 0 Å². The third kappa shape index (κ3) is 3.67. The quantitative estimate of drug-likeness (QED) is 0.573. The van der Waals surface area contributed by atoms with E-state index >= 15 is 0 Å². The summed E-state index contributed by atoms with van der Waals surface area (Å²) in [4.78, 5) is 15.9. The summed E-state index contributed by atoms with van der Waals surface area (Å²) in [5, 5.41) is 0. The summed E-state index contributed by atoms with van der Waals surface area (Å²) in [6.07, 6.45) is 3.05. The molecule has 0 aliphatic carbocycles. The molecule has 84 valence electrons. The number of unbranched alkanes of at least 4 members (excludes halogenated alkanes) is 2. The van der Waals surface area contributed by atoms with Gasteiger partial charge in [-0.15, -0.1) is 11.6 Å². The second-order valence-electron chi connectivity index (χ2n) is 3.68. The Hall–Kier alpha value is -0.830. The Balaban J connectivity index is 2.65. The number of halogens is 1. The van der Waals surface area contributed by atoms with Gasteiger partial charge in [0.05, 0.1) is 0 Å². The fourth-order valence-corrected chi connectivity index (χ4v) is 1.77. The molecular weight excluding hydrogens is 212 g/mol. The zero-order valence-corrected chi connectivity index (χ0v) is 10.0. The van der Waals surface area contributed by atoms with Gasteiger partial charge in [-0.25, -0.2) is 4.98 Å². The predicted octanol–water partition coefficient (Wildman–Crippen LogP) is 2.27. The van der Waals surface area contributed by atoms with E-state index in [2.05, 4.69) is 4.98 Å². The van der Waals surface area contributed by atoms with Gasteiger partial charge in [-0.3, -0.25) is 9.36 Å². The van der Waals surface area contributed by atoms with Crippen LogP contribution in [0.15, 0.2) is 10.9 Å². The second kappa shape index (κ2) is 5.91. The molecule has 0 saturated heterocycles. The Morgan fingerprint density at radius 3 is 2.67 bits per heavy atom. The first-order chi connectivity index (χ1) is 7.15. The maximum absolute atomic E-state index is 11.6. The van der Waals surface area contributed by atoms with Gasteiger partial charge in [-0.05, 0) is 26.7 Å². The van der Waals surface area contributed by atoms with E-state index in [0.717, 1.165) is 37.3 Å². The number of nitrogens with zero attached hydrogens (tertiary/aromatic N) is 2. The summed E-state index contributed by atoms with van der Waals surface area (Å²) in [5.74, 6) is 1.49. The van der Waals surface area contributed by atoms with Crippen molar-refractivity contribution in [1.29, 1.82) is 0 Å². The zero-order valence-electron chi connectivity index (χ0n) is 9.29. The molecule has 0 radical (unpaired) electrons. The van der Waals surface area contributed by atoms with E-state index in [9.17, 15) is 4.79 Å². The first-order valence-electron chi connectivity index (χ1n) is 5.26. The van der Waals surface area contributed by atoms with Crippen LogP contribution >= 0.6 is 11.6 Å².